The Morgan fingerprint density at radius 2 is 2.00 bits per heavy atom. The molecule has 25 heavy (non-hydrogen) atoms. The van der Waals surface area contributed by atoms with Crippen molar-refractivity contribution >= 4 is 32.7 Å². The summed E-state index contributed by atoms with van der Waals surface area (Å²) in [5.41, 5.74) is 4.17. The molecule has 1 aliphatic heterocycles. The maximum atomic E-state index is 6.01. The van der Waals surface area contributed by atoms with E-state index in [0.717, 1.165) is 51.3 Å². The third-order valence-corrected chi connectivity index (χ3v) is 4.83. The predicted molar refractivity (Wildman–Crippen MR) is 98.9 cm³/mol. The summed E-state index contributed by atoms with van der Waals surface area (Å²) in [6.45, 7) is 2.65. The highest BCUT2D eigenvalue weighted by Crippen LogP contribution is 2.35. The van der Waals surface area contributed by atoms with Crippen molar-refractivity contribution in [3.63, 3.8) is 0 Å². The molecular formula is C21H18N2O2. The van der Waals surface area contributed by atoms with Crippen LogP contribution in [0.2, 0.25) is 0 Å². The van der Waals surface area contributed by atoms with E-state index in [1.54, 1.807) is 0 Å². The van der Waals surface area contributed by atoms with Crippen LogP contribution < -0.4 is 4.74 Å². The fourth-order valence-corrected chi connectivity index (χ4v) is 3.68. The van der Waals surface area contributed by atoms with E-state index in [0.29, 0.717) is 6.61 Å². The van der Waals surface area contributed by atoms with Crippen LogP contribution in [-0.4, -0.2) is 22.9 Å². The van der Waals surface area contributed by atoms with Gasteiger partial charge in [0.1, 0.15) is 5.75 Å². The minimum absolute atomic E-state index is 0.152. The number of aromatic nitrogens is 2. The molecule has 0 bridgehead atoms. The first-order chi connectivity index (χ1) is 12.3. The fourth-order valence-electron chi connectivity index (χ4n) is 3.68. The molecule has 0 aliphatic carbocycles. The number of ether oxygens (including phenoxy) is 2. The van der Waals surface area contributed by atoms with Crippen molar-refractivity contribution in [2.75, 3.05) is 6.61 Å². The zero-order valence-corrected chi connectivity index (χ0v) is 14.0. The van der Waals surface area contributed by atoms with E-state index in [2.05, 4.69) is 35.3 Å². The van der Waals surface area contributed by atoms with E-state index in [-0.39, 0.29) is 6.29 Å². The van der Waals surface area contributed by atoms with Gasteiger partial charge in [0.05, 0.1) is 16.6 Å². The van der Waals surface area contributed by atoms with Crippen LogP contribution in [0, 0.1) is 0 Å². The van der Waals surface area contributed by atoms with Gasteiger partial charge in [-0.2, -0.15) is 0 Å². The van der Waals surface area contributed by atoms with Crippen LogP contribution in [0.5, 0.6) is 5.75 Å². The highest BCUT2D eigenvalue weighted by Gasteiger charge is 2.22. The zero-order valence-electron chi connectivity index (χ0n) is 14.0. The average molecular weight is 330 g/mol. The lowest BCUT2D eigenvalue weighted by atomic mass is 9.99. The second-order valence-electron chi connectivity index (χ2n) is 6.35. The van der Waals surface area contributed by atoms with E-state index in [1.807, 2.05) is 25.3 Å². The molecule has 5 rings (SSSR count). The molecule has 4 heteroatoms. The number of aryl methyl sites for hydroxylation is 1. The summed E-state index contributed by atoms with van der Waals surface area (Å²) in [6.07, 6.45) is 3.44. The van der Waals surface area contributed by atoms with Crippen molar-refractivity contribution in [1.82, 2.24) is 9.97 Å². The Bertz CT molecular complexity index is 1110. The topological polar surface area (TPSA) is 44.2 Å². The number of rotatable bonds is 2. The van der Waals surface area contributed by atoms with Gasteiger partial charge < -0.3 is 9.47 Å². The molecule has 1 atom stereocenters. The molecule has 0 amide bonds. The zero-order chi connectivity index (χ0) is 16.8. The summed E-state index contributed by atoms with van der Waals surface area (Å²) >= 11 is 0. The molecule has 1 aliphatic rings. The molecule has 124 valence electrons. The van der Waals surface area contributed by atoms with Gasteiger partial charge in [-0.05, 0) is 49.7 Å². The maximum absolute atomic E-state index is 6.01. The Morgan fingerprint density at radius 1 is 1.12 bits per heavy atom. The van der Waals surface area contributed by atoms with Crippen LogP contribution >= 0.6 is 0 Å². The van der Waals surface area contributed by atoms with Crippen molar-refractivity contribution in [2.24, 2.45) is 0 Å². The number of hydrogen-bond donors (Lipinski definition) is 0. The average Bonchev–Trinajstić information content (AvgIpc) is 2.66. The van der Waals surface area contributed by atoms with E-state index in [9.17, 15) is 0 Å². The van der Waals surface area contributed by atoms with Crippen LogP contribution in [0.1, 0.15) is 18.9 Å². The summed E-state index contributed by atoms with van der Waals surface area (Å²) < 4.78 is 11.6. The number of benzene rings is 2. The van der Waals surface area contributed by atoms with Gasteiger partial charge in [-0.1, -0.05) is 6.07 Å². The number of nitrogens with zero attached hydrogens (tertiary/aromatic N) is 2. The largest absolute Gasteiger partial charge is 0.465 e. The summed E-state index contributed by atoms with van der Waals surface area (Å²) in [4.78, 5) is 9.48. The smallest absolute Gasteiger partial charge is 0.200 e. The van der Waals surface area contributed by atoms with Gasteiger partial charge in [0.2, 0.25) is 0 Å². The molecule has 0 N–H and O–H groups in total. The number of fused-ring (bicyclic) bond motifs is 6. The second-order valence-corrected chi connectivity index (χ2v) is 6.35. The molecule has 0 saturated heterocycles. The van der Waals surface area contributed by atoms with Gasteiger partial charge in [-0.25, -0.2) is 4.98 Å². The molecule has 2 aromatic carbocycles. The highest BCUT2D eigenvalue weighted by atomic mass is 16.7. The minimum atomic E-state index is -0.152. The van der Waals surface area contributed by atoms with Gasteiger partial charge in [0.15, 0.2) is 6.29 Å². The number of pyridine rings is 2. The van der Waals surface area contributed by atoms with Crippen LogP contribution in [0.3, 0.4) is 0 Å². The molecule has 0 fully saturated rings. The summed E-state index contributed by atoms with van der Waals surface area (Å²) in [6, 6.07) is 14.5. The Labute approximate surface area is 145 Å². The van der Waals surface area contributed by atoms with E-state index in [1.165, 1.54) is 5.56 Å². The number of hydrogen-bond acceptors (Lipinski definition) is 4. The summed E-state index contributed by atoms with van der Waals surface area (Å²) in [7, 11) is 0. The van der Waals surface area contributed by atoms with Gasteiger partial charge in [0.25, 0.3) is 0 Å². The lowest BCUT2D eigenvalue weighted by Crippen LogP contribution is -2.25. The van der Waals surface area contributed by atoms with E-state index >= 15 is 0 Å². The van der Waals surface area contributed by atoms with Gasteiger partial charge in [-0.15, -0.1) is 0 Å². The monoisotopic (exact) mass is 330 g/mol. The van der Waals surface area contributed by atoms with Crippen molar-refractivity contribution < 1.29 is 9.47 Å². The first kappa shape index (κ1) is 14.6. The molecule has 4 aromatic rings. The molecule has 1 unspecified atom stereocenters. The highest BCUT2D eigenvalue weighted by molar-refractivity contribution is 6.07. The first-order valence-corrected chi connectivity index (χ1v) is 8.72. The second kappa shape index (κ2) is 5.67. The summed E-state index contributed by atoms with van der Waals surface area (Å²) in [5, 5.41) is 3.37. The van der Waals surface area contributed by atoms with Gasteiger partial charge >= 0.3 is 0 Å². The lowest BCUT2D eigenvalue weighted by molar-refractivity contribution is -0.0859. The van der Waals surface area contributed by atoms with Crippen LogP contribution in [0.4, 0.5) is 0 Å². The van der Waals surface area contributed by atoms with E-state index < -0.39 is 0 Å². The standard InChI is InChI=1S/C21H18N2O2/c1-2-24-19-10-7-16-18(25-19)9-6-14-12-13-5-8-17-15(4-3-11-22-17)20(13)23-21(14)16/h3-6,8-9,11-12,19H,2,7,10H2,1H3. The minimum Gasteiger partial charge on any atom is -0.465 e. The van der Waals surface area contributed by atoms with Crippen molar-refractivity contribution in [1.29, 1.82) is 0 Å². The molecular weight excluding hydrogens is 312 g/mol. The van der Waals surface area contributed by atoms with Crippen LogP contribution in [0.25, 0.3) is 32.7 Å². The molecule has 0 radical (unpaired) electrons. The molecule has 0 spiro atoms. The van der Waals surface area contributed by atoms with Crippen LogP contribution in [0.15, 0.2) is 48.7 Å². The van der Waals surface area contributed by atoms with Gasteiger partial charge in [-0.3, -0.25) is 4.98 Å². The fraction of sp³-hybridized carbons (Fsp3) is 0.238. The SMILES string of the molecule is CCOC1CCc2c(ccc3cc4ccc5ncccc5c4nc23)O1. The van der Waals surface area contributed by atoms with Crippen molar-refractivity contribution in [3.8, 4) is 5.75 Å². The van der Waals surface area contributed by atoms with Gasteiger partial charge in [0, 0.05) is 40.9 Å². The van der Waals surface area contributed by atoms with Crippen molar-refractivity contribution in [2.45, 2.75) is 26.1 Å². The first-order valence-electron chi connectivity index (χ1n) is 8.72. The molecule has 4 nitrogen and oxygen atoms in total. The Balaban J connectivity index is 1.76. The maximum Gasteiger partial charge on any atom is 0.200 e. The van der Waals surface area contributed by atoms with E-state index in [4.69, 9.17) is 14.5 Å². The van der Waals surface area contributed by atoms with Crippen molar-refractivity contribution in [3.05, 3.63) is 54.2 Å². The quantitative estimate of drug-likeness (QED) is 0.397. The van der Waals surface area contributed by atoms with Crippen LogP contribution in [-0.2, 0) is 11.2 Å². The lowest BCUT2D eigenvalue weighted by Gasteiger charge is -2.26. The molecule has 3 heterocycles. The third-order valence-electron chi connectivity index (χ3n) is 4.83. The molecule has 2 aromatic heterocycles. The predicted octanol–water partition coefficient (Wildman–Crippen LogP) is 4.62. The Morgan fingerprint density at radius 3 is 2.92 bits per heavy atom. The normalized spacial score (nSPS) is 16.9. The third kappa shape index (κ3) is 2.33. The Hall–Kier alpha value is -2.72. The molecule has 0 saturated carbocycles. The summed E-state index contributed by atoms with van der Waals surface area (Å²) in [5.74, 6) is 0.891. The Kier molecular flexibility index (Phi) is 3.31.